The Hall–Kier alpha value is -2.26. The van der Waals surface area contributed by atoms with Crippen LogP contribution >= 0.6 is 11.8 Å². The van der Waals surface area contributed by atoms with Crippen LogP contribution in [-0.4, -0.2) is 42.9 Å². The fourth-order valence-corrected chi connectivity index (χ4v) is 4.40. The van der Waals surface area contributed by atoms with Crippen molar-refractivity contribution >= 4 is 32.8 Å². The van der Waals surface area contributed by atoms with Gasteiger partial charge in [0.2, 0.25) is 10.0 Å². The molecule has 0 bridgehead atoms. The summed E-state index contributed by atoms with van der Waals surface area (Å²) in [6.07, 6.45) is 1.38. The van der Waals surface area contributed by atoms with E-state index in [1.165, 1.54) is 24.5 Å². The molecule has 2 heterocycles. The maximum absolute atomic E-state index is 14.4. The van der Waals surface area contributed by atoms with Crippen LogP contribution in [0.4, 0.5) is 4.39 Å². The maximum Gasteiger partial charge on any atom is 0.242 e. The van der Waals surface area contributed by atoms with Gasteiger partial charge in [0.05, 0.1) is 22.5 Å². The van der Waals surface area contributed by atoms with Crippen LogP contribution in [-0.2, 0) is 16.6 Å². The molecule has 0 atom stereocenters. The zero-order valence-corrected chi connectivity index (χ0v) is 18.9. The second-order valence-electron chi connectivity index (χ2n) is 7.17. The van der Waals surface area contributed by atoms with Gasteiger partial charge in [-0.15, -0.1) is 0 Å². The zero-order valence-electron chi connectivity index (χ0n) is 17.3. The van der Waals surface area contributed by atoms with Crippen molar-refractivity contribution in [3.63, 3.8) is 0 Å². The van der Waals surface area contributed by atoms with E-state index in [0.717, 1.165) is 22.5 Å². The molecular formula is C21H24ClFN4O2S. The normalized spacial score (nSPS) is 12.8. The Morgan fingerprint density at radius 2 is 2.00 bits per heavy atom. The minimum Gasteiger partial charge on any atom is -0.336 e. The van der Waals surface area contributed by atoms with E-state index < -0.39 is 10.0 Å². The Kier molecular flexibility index (Phi) is 6.62. The zero-order chi connectivity index (χ0) is 22.1. The highest BCUT2D eigenvalue weighted by atomic mass is 35.5. The number of aromatic nitrogens is 2. The predicted molar refractivity (Wildman–Crippen MR) is 119 cm³/mol. The van der Waals surface area contributed by atoms with E-state index in [0.29, 0.717) is 11.1 Å². The van der Waals surface area contributed by atoms with Crippen LogP contribution in [0.15, 0.2) is 53.2 Å². The van der Waals surface area contributed by atoms with Crippen LogP contribution < -0.4 is 4.84 Å². The highest BCUT2D eigenvalue weighted by Crippen LogP contribution is 2.35. The van der Waals surface area contributed by atoms with Gasteiger partial charge in [-0.2, -0.15) is 0 Å². The predicted octanol–water partition coefficient (Wildman–Crippen LogP) is 4.17. The molecule has 30 heavy (non-hydrogen) atoms. The fourth-order valence-electron chi connectivity index (χ4n) is 3.38. The number of aryl methyl sites for hydroxylation is 1. The second-order valence-corrected chi connectivity index (χ2v) is 9.59. The third-order valence-electron chi connectivity index (χ3n) is 4.92. The van der Waals surface area contributed by atoms with Crippen molar-refractivity contribution in [1.29, 1.82) is 0 Å². The molecule has 2 aromatic heterocycles. The van der Waals surface area contributed by atoms with Crippen LogP contribution in [0.5, 0.6) is 0 Å². The van der Waals surface area contributed by atoms with Gasteiger partial charge < -0.3 is 4.57 Å². The van der Waals surface area contributed by atoms with E-state index in [1.807, 2.05) is 36.6 Å². The SMILES string of the molecule is Cc1ccc2c(n1)c(-c1cccc(S(=O)(=O)N(C)C)c1)c(C)n2C/C(F)=C/CNCl. The summed E-state index contributed by atoms with van der Waals surface area (Å²) in [6, 6.07) is 10.5. The largest absolute Gasteiger partial charge is 0.336 e. The maximum atomic E-state index is 14.4. The summed E-state index contributed by atoms with van der Waals surface area (Å²) >= 11 is 5.42. The van der Waals surface area contributed by atoms with Crippen molar-refractivity contribution in [2.45, 2.75) is 25.3 Å². The molecule has 1 N–H and O–H groups in total. The molecule has 1 aromatic carbocycles. The molecule has 0 saturated heterocycles. The van der Waals surface area contributed by atoms with Crippen LogP contribution in [0, 0.1) is 13.8 Å². The molecule has 3 rings (SSSR count). The van der Waals surface area contributed by atoms with Crippen molar-refractivity contribution in [2.75, 3.05) is 20.6 Å². The van der Waals surface area contributed by atoms with Gasteiger partial charge in [-0.1, -0.05) is 12.1 Å². The lowest BCUT2D eigenvalue weighted by molar-refractivity contribution is 0.521. The molecule has 0 aliphatic rings. The molecule has 0 radical (unpaired) electrons. The highest BCUT2D eigenvalue weighted by Gasteiger charge is 2.21. The number of rotatable bonds is 7. The van der Waals surface area contributed by atoms with Gasteiger partial charge >= 0.3 is 0 Å². The lowest BCUT2D eigenvalue weighted by Crippen LogP contribution is -2.22. The summed E-state index contributed by atoms with van der Waals surface area (Å²) < 4.78 is 42.6. The number of halogens is 2. The minimum absolute atomic E-state index is 0.0291. The van der Waals surface area contributed by atoms with E-state index in [4.69, 9.17) is 11.8 Å². The highest BCUT2D eigenvalue weighted by molar-refractivity contribution is 7.89. The molecule has 6 nitrogen and oxygen atoms in total. The van der Waals surface area contributed by atoms with Gasteiger partial charge in [0.25, 0.3) is 0 Å². The first kappa shape index (κ1) is 22.4. The number of hydrogen-bond donors (Lipinski definition) is 1. The average molecular weight is 451 g/mol. The number of benzene rings is 1. The number of nitrogens with one attached hydrogen (secondary N) is 1. The standard InChI is InChI=1S/C21H24ClFN4O2S/c1-14-8-9-19-21(25-14)20(15(2)27(19)13-17(23)10-11-24-22)16-6-5-7-18(12-16)30(28,29)26(3)4/h5-10,12,24H,11,13H2,1-4H3/b17-10-. The number of fused-ring (bicyclic) bond motifs is 1. The van der Waals surface area contributed by atoms with Gasteiger partial charge in [0.1, 0.15) is 5.83 Å². The van der Waals surface area contributed by atoms with Crippen LogP contribution in [0.25, 0.3) is 22.2 Å². The third kappa shape index (κ3) is 4.27. The topological polar surface area (TPSA) is 67.2 Å². The van der Waals surface area contributed by atoms with Crippen LogP contribution in [0.3, 0.4) is 0 Å². The van der Waals surface area contributed by atoms with E-state index in [2.05, 4.69) is 9.82 Å². The van der Waals surface area contributed by atoms with Gasteiger partial charge in [0.15, 0.2) is 0 Å². The first-order chi connectivity index (χ1) is 14.2. The average Bonchev–Trinajstić information content (AvgIpc) is 2.97. The summed E-state index contributed by atoms with van der Waals surface area (Å²) in [6.45, 7) is 4.00. The number of pyridine rings is 1. The molecule has 0 spiro atoms. The summed E-state index contributed by atoms with van der Waals surface area (Å²) in [5, 5.41) is 0. The molecule has 9 heteroatoms. The van der Waals surface area contributed by atoms with Gasteiger partial charge in [-0.3, -0.25) is 4.98 Å². The number of nitrogens with zero attached hydrogens (tertiary/aromatic N) is 3. The Morgan fingerprint density at radius 1 is 1.27 bits per heavy atom. The number of hydrogen-bond acceptors (Lipinski definition) is 4. The van der Waals surface area contributed by atoms with Gasteiger partial charge in [0, 0.05) is 37.6 Å². The number of sulfonamides is 1. The van der Waals surface area contributed by atoms with Crippen molar-refractivity contribution in [2.24, 2.45) is 0 Å². The van der Waals surface area contributed by atoms with E-state index >= 15 is 0 Å². The monoisotopic (exact) mass is 450 g/mol. The van der Waals surface area contributed by atoms with Crippen molar-refractivity contribution in [1.82, 2.24) is 18.7 Å². The second kappa shape index (κ2) is 8.85. The van der Waals surface area contributed by atoms with E-state index in [1.54, 1.807) is 18.2 Å². The molecule has 0 unspecified atom stereocenters. The Bertz CT molecular complexity index is 1220. The van der Waals surface area contributed by atoms with Crippen LogP contribution in [0.2, 0.25) is 0 Å². The molecular weight excluding hydrogens is 427 g/mol. The molecule has 0 aliphatic heterocycles. The van der Waals surface area contributed by atoms with Crippen molar-refractivity contribution in [3.05, 3.63) is 59.7 Å². The summed E-state index contributed by atoms with van der Waals surface area (Å²) in [5.74, 6) is -0.334. The quantitative estimate of drug-likeness (QED) is 0.548. The van der Waals surface area contributed by atoms with Gasteiger partial charge in [-0.05, 0) is 61.5 Å². The fraction of sp³-hybridized carbons (Fsp3) is 0.286. The van der Waals surface area contributed by atoms with Crippen molar-refractivity contribution < 1.29 is 12.8 Å². The van der Waals surface area contributed by atoms with Gasteiger partial charge in [-0.25, -0.2) is 21.9 Å². The lowest BCUT2D eigenvalue weighted by Gasteiger charge is -2.12. The molecule has 0 saturated carbocycles. The smallest absolute Gasteiger partial charge is 0.242 e. The third-order valence-corrected chi connectivity index (χ3v) is 6.88. The van der Waals surface area contributed by atoms with E-state index in [9.17, 15) is 12.8 Å². The Labute approximate surface area is 181 Å². The Balaban J connectivity index is 2.22. The summed E-state index contributed by atoms with van der Waals surface area (Å²) in [5.41, 5.74) is 4.59. The first-order valence-electron chi connectivity index (χ1n) is 9.34. The summed E-state index contributed by atoms with van der Waals surface area (Å²) in [7, 11) is -0.597. The Morgan fingerprint density at radius 3 is 2.67 bits per heavy atom. The number of allylic oxidation sites excluding steroid dienone is 1. The summed E-state index contributed by atoms with van der Waals surface area (Å²) in [4.78, 5) is 7.24. The molecule has 160 valence electrons. The molecule has 3 aromatic rings. The molecule has 0 aliphatic carbocycles. The van der Waals surface area contributed by atoms with E-state index in [-0.39, 0.29) is 23.8 Å². The van der Waals surface area contributed by atoms with Crippen LogP contribution in [0.1, 0.15) is 11.4 Å². The van der Waals surface area contributed by atoms with Crippen molar-refractivity contribution in [3.8, 4) is 11.1 Å². The minimum atomic E-state index is -3.59. The molecule has 0 fully saturated rings. The lowest BCUT2D eigenvalue weighted by atomic mass is 10.1. The molecule has 0 amide bonds. The first-order valence-corrected chi connectivity index (χ1v) is 11.2.